The molecular formula is C9H13NOS2. The number of hydrogen-bond donors (Lipinski definition) is 0. The summed E-state index contributed by atoms with van der Waals surface area (Å²) in [4.78, 5) is 4.30. The Labute approximate surface area is 86.9 Å². The molecule has 13 heavy (non-hydrogen) atoms. The molecule has 0 saturated carbocycles. The zero-order valence-electron chi connectivity index (χ0n) is 7.77. The highest BCUT2D eigenvalue weighted by Crippen LogP contribution is 2.35. The molecule has 0 aromatic carbocycles. The van der Waals surface area contributed by atoms with E-state index in [1.165, 1.54) is 0 Å². The summed E-state index contributed by atoms with van der Waals surface area (Å²) < 4.78 is 5.14. The monoisotopic (exact) mass is 215 g/mol. The standard InChI is InChI=1S/C9H13NOS2/c1-11-7-9(13-12-2)8-5-3-4-6-10-8/h3-6,9H,7H2,1-2H3. The molecule has 0 fully saturated rings. The van der Waals surface area contributed by atoms with Gasteiger partial charge in [-0.15, -0.1) is 0 Å². The van der Waals surface area contributed by atoms with E-state index in [9.17, 15) is 0 Å². The highest BCUT2D eigenvalue weighted by Gasteiger charge is 2.11. The minimum Gasteiger partial charge on any atom is -0.383 e. The predicted molar refractivity (Wildman–Crippen MR) is 60.0 cm³/mol. The van der Waals surface area contributed by atoms with Crippen LogP contribution >= 0.6 is 21.6 Å². The van der Waals surface area contributed by atoms with E-state index in [1.807, 2.05) is 24.4 Å². The van der Waals surface area contributed by atoms with Crippen LogP contribution in [-0.4, -0.2) is 25.0 Å². The number of hydrogen-bond acceptors (Lipinski definition) is 4. The van der Waals surface area contributed by atoms with Gasteiger partial charge in [-0.1, -0.05) is 27.7 Å². The van der Waals surface area contributed by atoms with Gasteiger partial charge in [-0.05, 0) is 18.4 Å². The number of aromatic nitrogens is 1. The molecule has 1 aromatic rings. The minimum absolute atomic E-state index is 0.334. The lowest BCUT2D eigenvalue weighted by molar-refractivity contribution is 0.199. The van der Waals surface area contributed by atoms with Gasteiger partial charge in [0.2, 0.25) is 0 Å². The normalized spacial score (nSPS) is 12.8. The molecule has 0 aliphatic heterocycles. The summed E-state index contributed by atoms with van der Waals surface area (Å²) in [5, 5.41) is 0.334. The lowest BCUT2D eigenvalue weighted by Gasteiger charge is -2.12. The van der Waals surface area contributed by atoms with Crippen LogP contribution in [0, 0.1) is 0 Å². The molecule has 72 valence electrons. The van der Waals surface area contributed by atoms with Crippen molar-refractivity contribution in [1.29, 1.82) is 0 Å². The Bertz CT molecular complexity index is 224. The Balaban J connectivity index is 2.64. The highest BCUT2D eigenvalue weighted by molar-refractivity contribution is 8.76. The fourth-order valence-electron chi connectivity index (χ4n) is 0.996. The lowest BCUT2D eigenvalue weighted by Crippen LogP contribution is -2.02. The third-order valence-electron chi connectivity index (χ3n) is 1.55. The van der Waals surface area contributed by atoms with Crippen molar-refractivity contribution in [2.75, 3.05) is 20.0 Å². The van der Waals surface area contributed by atoms with Crippen molar-refractivity contribution in [2.24, 2.45) is 0 Å². The fraction of sp³-hybridized carbons (Fsp3) is 0.444. The van der Waals surface area contributed by atoms with Crippen molar-refractivity contribution >= 4 is 21.6 Å². The number of methoxy groups -OCH3 is 1. The summed E-state index contributed by atoms with van der Waals surface area (Å²) in [6.45, 7) is 0.711. The SMILES string of the molecule is COCC(SSC)c1ccccn1. The van der Waals surface area contributed by atoms with Crippen LogP contribution in [-0.2, 0) is 4.74 Å². The van der Waals surface area contributed by atoms with Crippen molar-refractivity contribution in [3.05, 3.63) is 30.1 Å². The Morgan fingerprint density at radius 2 is 2.38 bits per heavy atom. The van der Waals surface area contributed by atoms with Gasteiger partial charge in [0.05, 0.1) is 17.6 Å². The highest BCUT2D eigenvalue weighted by atomic mass is 33.1. The van der Waals surface area contributed by atoms with Crippen molar-refractivity contribution in [3.63, 3.8) is 0 Å². The van der Waals surface area contributed by atoms with Gasteiger partial charge in [-0.3, -0.25) is 4.98 Å². The Hall–Kier alpha value is -0.190. The van der Waals surface area contributed by atoms with Gasteiger partial charge >= 0.3 is 0 Å². The molecule has 0 saturated heterocycles. The molecule has 0 bridgehead atoms. The van der Waals surface area contributed by atoms with Crippen LogP contribution in [0.25, 0.3) is 0 Å². The molecule has 1 heterocycles. The van der Waals surface area contributed by atoms with Gasteiger partial charge in [0.15, 0.2) is 0 Å². The van der Waals surface area contributed by atoms with Gasteiger partial charge < -0.3 is 4.74 Å². The zero-order chi connectivity index (χ0) is 9.52. The Kier molecular flexibility index (Phi) is 5.27. The molecular weight excluding hydrogens is 202 g/mol. The Morgan fingerprint density at radius 3 is 2.92 bits per heavy atom. The molecule has 2 nitrogen and oxygen atoms in total. The van der Waals surface area contributed by atoms with Crippen LogP contribution in [0.15, 0.2) is 24.4 Å². The van der Waals surface area contributed by atoms with Crippen molar-refractivity contribution in [3.8, 4) is 0 Å². The smallest absolute Gasteiger partial charge is 0.0806 e. The van der Waals surface area contributed by atoms with Crippen LogP contribution in [0.3, 0.4) is 0 Å². The second-order valence-electron chi connectivity index (χ2n) is 2.46. The summed E-state index contributed by atoms with van der Waals surface area (Å²) >= 11 is 0. The first kappa shape index (κ1) is 10.9. The van der Waals surface area contributed by atoms with E-state index in [0.29, 0.717) is 11.9 Å². The first-order chi connectivity index (χ1) is 6.38. The van der Waals surface area contributed by atoms with E-state index in [0.717, 1.165) is 5.69 Å². The van der Waals surface area contributed by atoms with E-state index in [-0.39, 0.29) is 0 Å². The second kappa shape index (κ2) is 6.29. The summed E-state index contributed by atoms with van der Waals surface area (Å²) in [6.07, 6.45) is 3.88. The molecule has 0 spiro atoms. The van der Waals surface area contributed by atoms with E-state index in [4.69, 9.17) is 4.74 Å². The second-order valence-corrected chi connectivity index (χ2v) is 5.13. The van der Waals surface area contributed by atoms with Crippen LogP contribution < -0.4 is 0 Å². The van der Waals surface area contributed by atoms with Crippen LogP contribution in [0.5, 0.6) is 0 Å². The van der Waals surface area contributed by atoms with Crippen LogP contribution in [0.4, 0.5) is 0 Å². The lowest BCUT2D eigenvalue weighted by atomic mass is 10.3. The molecule has 1 atom stereocenters. The quantitative estimate of drug-likeness (QED) is 0.704. The molecule has 0 radical (unpaired) electrons. The maximum Gasteiger partial charge on any atom is 0.0806 e. The van der Waals surface area contributed by atoms with E-state index < -0.39 is 0 Å². The van der Waals surface area contributed by atoms with Gasteiger partial charge in [-0.25, -0.2) is 0 Å². The fourth-order valence-corrected chi connectivity index (χ4v) is 2.82. The molecule has 0 amide bonds. The first-order valence-electron chi connectivity index (χ1n) is 3.97. The average molecular weight is 215 g/mol. The summed E-state index contributed by atoms with van der Waals surface area (Å²) in [5.74, 6) is 0. The molecule has 0 aliphatic rings. The number of pyridine rings is 1. The number of ether oxygens (including phenoxy) is 1. The number of rotatable bonds is 5. The molecule has 0 aliphatic carbocycles. The first-order valence-corrected chi connectivity index (χ1v) is 6.60. The summed E-state index contributed by atoms with van der Waals surface area (Å²) in [7, 11) is 5.24. The maximum atomic E-state index is 5.14. The van der Waals surface area contributed by atoms with E-state index >= 15 is 0 Å². The van der Waals surface area contributed by atoms with Gasteiger partial charge in [-0.2, -0.15) is 0 Å². The average Bonchev–Trinajstić information content (AvgIpc) is 2.19. The van der Waals surface area contributed by atoms with E-state index in [1.54, 1.807) is 28.7 Å². The van der Waals surface area contributed by atoms with Crippen molar-refractivity contribution in [1.82, 2.24) is 4.98 Å². The molecule has 4 heteroatoms. The minimum atomic E-state index is 0.334. The largest absolute Gasteiger partial charge is 0.383 e. The predicted octanol–water partition coefficient (Wildman–Crippen LogP) is 2.78. The Morgan fingerprint density at radius 1 is 1.54 bits per heavy atom. The zero-order valence-corrected chi connectivity index (χ0v) is 9.40. The molecule has 0 N–H and O–H groups in total. The third kappa shape index (κ3) is 3.58. The summed E-state index contributed by atoms with van der Waals surface area (Å²) in [5.41, 5.74) is 1.09. The van der Waals surface area contributed by atoms with Crippen LogP contribution in [0.1, 0.15) is 10.9 Å². The van der Waals surface area contributed by atoms with E-state index in [2.05, 4.69) is 11.2 Å². The number of nitrogens with zero attached hydrogens (tertiary/aromatic N) is 1. The van der Waals surface area contributed by atoms with Gasteiger partial charge in [0.25, 0.3) is 0 Å². The van der Waals surface area contributed by atoms with Crippen molar-refractivity contribution < 1.29 is 4.74 Å². The molecule has 1 aromatic heterocycles. The van der Waals surface area contributed by atoms with Crippen LogP contribution in [0.2, 0.25) is 0 Å². The summed E-state index contributed by atoms with van der Waals surface area (Å²) in [6, 6.07) is 5.97. The van der Waals surface area contributed by atoms with Crippen molar-refractivity contribution in [2.45, 2.75) is 5.25 Å². The van der Waals surface area contributed by atoms with Gasteiger partial charge in [0.1, 0.15) is 0 Å². The topological polar surface area (TPSA) is 22.1 Å². The molecule has 1 unspecified atom stereocenters. The molecule has 1 rings (SSSR count). The van der Waals surface area contributed by atoms with Gasteiger partial charge in [0, 0.05) is 13.3 Å². The third-order valence-corrected chi connectivity index (χ3v) is 3.62. The maximum absolute atomic E-state index is 5.14.